The lowest BCUT2D eigenvalue weighted by atomic mass is 10.1. The van der Waals surface area contributed by atoms with Crippen molar-refractivity contribution in [3.05, 3.63) is 69.7 Å². The minimum absolute atomic E-state index is 0.0811. The lowest BCUT2D eigenvalue weighted by Crippen LogP contribution is -2.48. The van der Waals surface area contributed by atoms with Gasteiger partial charge in [-0.2, -0.15) is 0 Å². The number of carbonyl (C=O) groups is 2. The Morgan fingerprint density at radius 1 is 1.07 bits per heavy atom. The second-order valence-corrected chi connectivity index (χ2v) is 8.09. The molecule has 2 aromatic rings. The smallest absolute Gasteiger partial charge is 0.242 e. The van der Waals surface area contributed by atoms with Crippen LogP contribution in [0.4, 0.5) is 0 Å². The van der Waals surface area contributed by atoms with Gasteiger partial charge in [0.25, 0.3) is 0 Å². The molecule has 4 nitrogen and oxygen atoms in total. The average molecular weight is 439 g/mol. The first-order valence-electron chi connectivity index (χ1n) is 9.03. The molecule has 0 spiro atoms. The first-order chi connectivity index (χ1) is 13.5. The van der Waals surface area contributed by atoms with Crippen LogP contribution in [0, 0.1) is 0 Å². The molecule has 0 aliphatic heterocycles. The number of thioether (sulfide) groups is 1. The van der Waals surface area contributed by atoms with Crippen LogP contribution in [0.25, 0.3) is 0 Å². The van der Waals surface area contributed by atoms with Crippen molar-refractivity contribution in [1.29, 1.82) is 0 Å². The second kappa shape index (κ2) is 11.3. The summed E-state index contributed by atoms with van der Waals surface area (Å²) >= 11 is 13.6. The molecule has 0 aliphatic carbocycles. The molecule has 1 unspecified atom stereocenters. The zero-order valence-corrected chi connectivity index (χ0v) is 18.3. The molecule has 2 aromatic carbocycles. The number of nitrogens with zero attached hydrogens (tertiary/aromatic N) is 1. The van der Waals surface area contributed by atoms with E-state index in [1.807, 2.05) is 43.3 Å². The summed E-state index contributed by atoms with van der Waals surface area (Å²) in [5, 5.41) is 3.54. The van der Waals surface area contributed by atoms with Gasteiger partial charge in [-0.15, -0.1) is 11.8 Å². The molecule has 2 amide bonds. The number of likely N-dealkylation sites (N-methyl/N-ethyl adjacent to an activating group) is 1. The third-order valence-electron chi connectivity index (χ3n) is 4.31. The van der Waals surface area contributed by atoms with Gasteiger partial charge in [0, 0.05) is 19.3 Å². The second-order valence-electron chi connectivity index (χ2n) is 6.29. The van der Waals surface area contributed by atoms with E-state index in [-0.39, 0.29) is 11.8 Å². The van der Waals surface area contributed by atoms with E-state index in [2.05, 4.69) is 5.32 Å². The van der Waals surface area contributed by atoms with Gasteiger partial charge in [0.15, 0.2) is 0 Å². The van der Waals surface area contributed by atoms with Crippen LogP contribution in [0.2, 0.25) is 10.0 Å². The molecule has 1 atom stereocenters. The quantitative estimate of drug-likeness (QED) is 0.612. The summed E-state index contributed by atoms with van der Waals surface area (Å²) in [5.74, 6) is 0.777. The monoisotopic (exact) mass is 438 g/mol. The molecule has 0 saturated carbocycles. The molecule has 28 heavy (non-hydrogen) atoms. The third-order valence-corrected chi connectivity index (χ3v) is 6.03. The van der Waals surface area contributed by atoms with Crippen molar-refractivity contribution in [3.63, 3.8) is 0 Å². The summed E-state index contributed by atoms with van der Waals surface area (Å²) in [6.07, 6.45) is 0.524. The maximum atomic E-state index is 13.0. The Morgan fingerprint density at radius 2 is 1.79 bits per heavy atom. The largest absolute Gasteiger partial charge is 0.357 e. The molecule has 0 bridgehead atoms. The number of carbonyl (C=O) groups excluding carboxylic acids is 2. The van der Waals surface area contributed by atoms with Gasteiger partial charge in [0.2, 0.25) is 11.8 Å². The molecule has 150 valence electrons. The molecule has 2 rings (SSSR count). The van der Waals surface area contributed by atoms with Crippen LogP contribution in [0.3, 0.4) is 0 Å². The number of rotatable bonds is 9. The maximum Gasteiger partial charge on any atom is 0.242 e. The van der Waals surface area contributed by atoms with Gasteiger partial charge in [-0.1, -0.05) is 66.5 Å². The normalized spacial score (nSPS) is 11.7. The van der Waals surface area contributed by atoms with Crippen molar-refractivity contribution in [2.45, 2.75) is 31.7 Å². The molecule has 0 fully saturated rings. The summed E-state index contributed by atoms with van der Waals surface area (Å²) in [4.78, 5) is 26.9. The highest BCUT2D eigenvalue weighted by molar-refractivity contribution is 7.99. The molecular weight excluding hydrogens is 415 g/mol. The van der Waals surface area contributed by atoms with Crippen molar-refractivity contribution in [1.82, 2.24) is 10.2 Å². The van der Waals surface area contributed by atoms with Crippen LogP contribution >= 0.6 is 35.0 Å². The van der Waals surface area contributed by atoms with Gasteiger partial charge in [0.1, 0.15) is 6.04 Å². The maximum absolute atomic E-state index is 13.0. The van der Waals surface area contributed by atoms with Crippen molar-refractivity contribution >= 4 is 46.8 Å². The standard InChI is InChI=1S/C21H24Cl2N2O2S/c1-3-19(21(27)24-2)25(12-16-9-10-17(22)18(23)11-16)20(26)14-28-13-15-7-5-4-6-8-15/h4-11,19H,3,12-14H2,1-2H3,(H,24,27). The van der Waals surface area contributed by atoms with E-state index < -0.39 is 6.04 Å². The fourth-order valence-corrected chi connectivity index (χ4v) is 4.03. The number of hydrogen-bond donors (Lipinski definition) is 1. The van der Waals surface area contributed by atoms with Crippen LogP contribution in [0.5, 0.6) is 0 Å². The summed E-state index contributed by atoms with van der Waals surface area (Å²) in [5.41, 5.74) is 1.99. The predicted molar refractivity (Wildman–Crippen MR) is 118 cm³/mol. The van der Waals surface area contributed by atoms with Crippen LogP contribution in [0.1, 0.15) is 24.5 Å². The van der Waals surface area contributed by atoms with Crippen molar-refractivity contribution in [2.24, 2.45) is 0 Å². The number of halogens is 2. The summed E-state index contributed by atoms with van der Waals surface area (Å²) in [6, 6.07) is 14.7. The minimum atomic E-state index is -0.538. The van der Waals surface area contributed by atoms with E-state index in [0.29, 0.717) is 28.8 Å². The highest BCUT2D eigenvalue weighted by atomic mass is 35.5. The molecule has 0 heterocycles. The van der Waals surface area contributed by atoms with Gasteiger partial charge in [0.05, 0.1) is 15.8 Å². The van der Waals surface area contributed by atoms with Crippen LogP contribution in [0.15, 0.2) is 48.5 Å². The first kappa shape index (κ1) is 22.6. The number of hydrogen-bond acceptors (Lipinski definition) is 3. The van der Waals surface area contributed by atoms with E-state index in [4.69, 9.17) is 23.2 Å². The van der Waals surface area contributed by atoms with Gasteiger partial charge in [-0.05, 0) is 29.7 Å². The molecule has 7 heteroatoms. The molecule has 0 saturated heterocycles. The first-order valence-corrected chi connectivity index (χ1v) is 10.9. The fraction of sp³-hybridized carbons (Fsp3) is 0.333. The SMILES string of the molecule is CCC(C(=O)NC)N(Cc1ccc(Cl)c(Cl)c1)C(=O)CSCc1ccccc1. The highest BCUT2D eigenvalue weighted by Crippen LogP contribution is 2.24. The Kier molecular flexibility index (Phi) is 9.16. The molecule has 0 aliphatic rings. The zero-order valence-electron chi connectivity index (χ0n) is 16.0. The van der Waals surface area contributed by atoms with Crippen LogP contribution in [-0.4, -0.2) is 35.6 Å². The molecule has 1 N–H and O–H groups in total. The molecule has 0 aromatic heterocycles. The average Bonchev–Trinajstić information content (AvgIpc) is 2.70. The van der Waals surface area contributed by atoms with Crippen LogP contribution in [-0.2, 0) is 21.9 Å². The van der Waals surface area contributed by atoms with Crippen molar-refractivity contribution in [2.75, 3.05) is 12.8 Å². The fourth-order valence-electron chi connectivity index (χ4n) is 2.83. The van der Waals surface area contributed by atoms with Gasteiger partial charge >= 0.3 is 0 Å². The van der Waals surface area contributed by atoms with E-state index in [0.717, 1.165) is 16.9 Å². The predicted octanol–water partition coefficient (Wildman–Crippen LogP) is 4.78. The molecular formula is C21H24Cl2N2O2S. The Hall–Kier alpha value is -1.69. The van der Waals surface area contributed by atoms with Gasteiger partial charge in [-0.3, -0.25) is 9.59 Å². The number of amides is 2. The number of benzene rings is 2. The summed E-state index contributed by atoms with van der Waals surface area (Å²) < 4.78 is 0. The topological polar surface area (TPSA) is 49.4 Å². The Bertz CT molecular complexity index is 802. The zero-order chi connectivity index (χ0) is 20.5. The van der Waals surface area contributed by atoms with Crippen LogP contribution < -0.4 is 5.32 Å². The van der Waals surface area contributed by atoms with Gasteiger partial charge in [-0.25, -0.2) is 0 Å². The van der Waals surface area contributed by atoms with Crippen molar-refractivity contribution in [3.8, 4) is 0 Å². The van der Waals surface area contributed by atoms with E-state index >= 15 is 0 Å². The lowest BCUT2D eigenvalue weighted by Gasteiger charge is -2.30. The third kappa shape index (κ3) is 6.43. The van der Waals surface area contributed by atoms with E-state index in [1.54, 1.807) is 24.1 Å². The van der Waals surface area contributed by atoms with Gasteiger partial charge < -0.3 is 10.2 Å². The highest BCUT2D eigenvalue weighted by Gasteiger charge is 2.27. The lowest BCUT2D eigenvalue weighted by molar-refractivity contribution is -0.139. The van der Waals surface area contributed by atoms with E-state index in [1.165, 1.54) is 11.8 Å². The summed E-state index contributed by atoms with van der Waals surface area (Å²) in [7, 11) is 1.58. The Labute approximate surface area is 180 Å². The Balaban J connectivity index is 2.12. The summed E-state index contributed by atoms with van der Waals surface area (Å²) in [6.45, 7) is 2.19. The molecule has 0 radical (unpaired) electrons. The Morgan fingerprint density at radius 3 is 2.39 bits per heavy atom. The number of nitrogens with one attached hydrogen (secondary N) is 1. The van der Waals surface area contributed by atoms with Crippen molar-refractivity contribution < 1.29 is 9.59 Å². The minimum Gasteiger partial charge on any atom is -0.357 e. The van der Waals surface area contributed by atoms with E-state index in [9.17, 15) is 9.59 Å².